The number of morpholine rings is 1. The molecule has 0 spiro atoms. The van der Waals surface area contributed by atoms with Crippen molar-refractivity contribution in [3.63, 3.8) is 0 Å². The Morgan fingerprint density at radius 2 is 1.72 bits per heavy atom. The molecule has 1 aliphatic heterocycles. The molecule has 8 nitrogen and oxygen atoms in total. The summed E-state index contributed by atoms with van der Waals surface area (Å²) in [5, 5.41) is 12.5. The van der Waals surface area contributed by atoms with E-state index in [9.17, 15) is 18.3 Å². The number of ether oxygens (including phenoxy) is 1. The van der Waals surface area contributed by atoms with E-state index in [1.165, 1.54) is 24.3 Å². The molecule has 2 aromatic rings. The molecule has 3 N–H and O–H groups in total. The quantitative estimate of drug-likeness (QED) is 0.602. The Balaban J connectivity index is 1.64. The van der Waals surface area contributed by atoms with Crippen LogP contribution in [0.2, 0.25) is 5.02 Å². The van der Waals surface area contributed by atoms with Gasteiger partial charge < -0.3 is 20.1 Å². The van der Waals surface area contributed by atoms with Gasteiger partial charge in [-0.25, -0.2) is 8.42 Å². The highest BCUT2D eigenvalue weighted by molar-refractivity contribution is 7.89. The van der Waals surface area contributed by atoms with Crippen LogP contribution in [-0.4, -0.2) is 58.4 Å². The van der Waals surface area contributed by atoms with Crippen molar-refractivity contribution in [2.75, 3.05) is 43.1 Å². The third-order valence-electron chi connectivity index (χ3n) is 4.43. The first kappa shape index (κ1) is 21.5. The molecule has 1 atom stereocenters. The first-order valence-corrected chi connectivity index (χ1v) is 10.9. The molecule has 1 aliphatic rings. The SMILES string of the molecule is O=C(Nc1ccc(N2CCOCC2)cc1)[C@H](CO)NS(=O)(=O)c1ccc(Cl)cc1. The highest BCUT2D eigenvalue weighted by Gasteiger charge is 2.25. The molecule has 156 valence electrons. The van der Waals surface area contributed by atoms with E-state index in [2.05, 4.69) is 14.9 Å². The van der Waals surface area contributed by atoms with Crippen LogP contribution in [0.3, 0.4) is 0 Å². The van der Waals surface area contributed by atoms with Crippen LogP contribution in [0.25, 0.3) is 0 Å². The zero-order valence-corrected chi connectivity index (χ0v) is 17.1. The molecule has 0 aromatic heterocycles. The van der Waals surface area contributed by atoms with Crippen LogP contribution in [0.5, 0.6) is 0 Å². The monoisotopic (exact) mass is 439 g/mol. The van der Waals surface area contributed by atoms with Crippen molar-refractivity contribution >= 4 is 38.9 Å². The van der Waals surface area contributed by atoms with Gasteiger partial charge in [0, 0.05) is 29.5 Å². The summed E-state index contributed by atoms with van der Waals surface area (Å²) < 4.78 is 32.4. The van der Waals surface area contributed by atoms with E-state index >= 15 is 0 Å². The molecule has 2 aromatic carbocycles. The molecule has 1 heterocycles. The largest absolute Gasteiger partial charge is 0.394 e. The number of amides is 1. The Labute approximate surface area is 174 Å². The number of sulfonamides is 1. The van der Waals surface area contributed by atoms with Gasteiger partial charge in [-0.1, -0.05) is 11.6 Å². The van der Waals surface area contributed by atoms with E-state index < -0.39 is 28.6 Å². The van der Waals surface area contributed by atoms with Gasteiger partial charge in [0.1, 0.15) is 6.04 Å². The predicted molar refractivity (Wildman–Crippen MR) is 111 cm³/mol. The van der Waals surface area contributed by atoms with Gasteiger partial charge in [0.05, 0.1) is 24.7 Å². The summed E-state index contributed by atoms with van der Waals surface area (Å²) in [4.78, 5) is 14.6. The minimum Gasteiger partial charge on any atom is -0.394 e. The topological polar surface area (TPSA) is 108 Å². The summed E-state index contributed by atoms with van der Waals surface area (Å²) in [7, 11) is -3.99. The molecule has 0 unspecified atom stereocenters. The molecule has 0 radical (unpaired) electrons. The first-order valence-electron chi connectivity index (χ1n) is 9.01. The van der Waals surface area contributed by atoms with Crippen LogP contribution in [0.4, 0.5) is 11.4 Å². The van der Waals surface area contributed by atoms with Crippen molar-refractivity contribution in [3.8, 4) is 0 Å². The summed E-state index contributed by atoms with van der Waals surface area (Å²) in [6.45, 7) is 2.24. The van der Waals surface area contributed by atoms with Crippen LogP contribution in [0.15, 0.2) is 53.4 Å². The summed E-state index contributed by atoms with van der Waals surface area (Å²) in [6, 6.07) is 11.4. The molecular formula is C19H22ClN3O5S. The zero-order valence-electron chi connectivity index (χ0n) is 15.5. The Morgan fingerprint density at radius 1 is 1.10 bits per heavy atom. The average molecular weight is 440 g/mol. The maximum absolute atomic E-state index is 12.4. The number of carbonyl (C=O) groups excluding carboxylic acids is 1. The van der Waals surface area contributed by atoms with E-state index in [-0.39, 0.29) is 4.90 Å². The van der Waals surface area contributed by atoms with Gasteiger partial charge in [0.15, 0.2) is 0 Å². The van der Waals surface area contributed by atoms with Crippen LogP contribution in [-0.2, 0) is 19.6 Å². The smallest absolute Gasteiger partial charge is 0.244 e. The van der Waals surface area contributed by atoms with E-state index in [0.717, 1.165) is 18.8 Å². The highest BCUT2D eigenvalue weighted by Crippen LogP contribution is 2.19. The fraction of sp³-hybridized carbons (Fsp3) is 0.316. The number of nitrogens with zero attached hydrogens (tertiary/aromatic N) is 1. The van der Waals surface area contributed by atoms with Crippen molar-refractivity contribution in [1.29, 1.82) is 0 Å². The highest BCUT2D eigenvalue weighted by atomic mass is 35.5. The summed E-state index contributed by atoms with van der Waals surface area (Å²) >= 11 is 5.77. The Bertz CT molecular complexity index is 929. The van der Waals surface area contributed by atoms with Crippen LogP contribution < -0.4 is 14.9 Å². The minimum absolute atomic E-state index is 0.0528. The number of hydrogen-bond donors (Lipinski definition) is 3. The molecule has 10 heteroatoms. The minimum atomic E-state index is -3.99. The van der Waals surface area contributed by atoms with E-state index in [1.54, 1.807) is 12.1 Å². The number of aliphatic hydroxyl groups is 1. The number of rotatable bonds is 7. The number of halogens is 1. The van der Waals surface area contributed by atoms with Crippen molar-refractivity contribution < 1.29 is 23.1 Å². The van der Waals surface area contributed by atoms with Crippen LogP contribution in [0.1, 0.15) is 0 Å². The molecule has 29 heavy (non-hydrogen) atoms. The lowest BCUT2D eigenvalue weighted by molar-refractivity contribution is -0.118. The van der Waals surface area contributed by atoms with E-state index in [1.807, 2.05) is 12.1 Å². The fourth-order valence-electron chi connectivity index (χ4n) is 2.85. The lowest BCUT2D eigenvalue weighted by Crippen LogP contribution is -2.46. The first-order chi connectivity index (χ1) is 13.9. The maximum Gasteiger partial charge on any atom is 0.244 e. The molecule has 3 rings (SSSR count). The molecule has 1 fully saturated rings. The van der Waals surface area contributed by atoms with E-state index in [4.69, 9.17) is 16.3 Å². The summed E-state index contributed by atoms with van der Waals surface area (Å²) in [6.07, 6.45) is 0. The Morgan fingerprint density at radius 3 is 2.31 bits per heavy atom. The third kappa shape index (κ3) is 5.68. The van der Waals surface area contributed by atoms with Gasteiger partial charge in [0.2, 0.25) is 15.9 Å². The van der Waals surface area contributed by atoms with Crippen LogP contribution in [0, 0.1) is 0 Å². The fourth-order valence-corrected chi connectivity index (χ4v) is 4.16. The second-order valence-electron chi connectivity index (χ2n) is 6.45. The van der Waals surface area contributed by atoms with Crippen molar-refractivity contribution in [2.45, 2.75) is 10.9 Å². The lowest BCUT2D eigenvalue weighted by Gasteiger charge is -2.29. The second-order valence-corrected chi connectivity index (χ2v) is 8.60. The number of benzene rings is 2. The number of hydrogen-bond acceptors (Lipinski definition) is 6. The van der Waals surface area contributed by atoms with Crippen molar-refractivity contribution in [2.24, 2.45) is 0 Å². The van der Waals surface area contributed by atoms with Crippen molar-refractivity contribution in [3.05, 3.63) is 53.6 Å². The normalized spacial score (nSPS) is 15.7. The van der Waals surface area contributed by atoms with Gasteiger partial charge in [0.25, 0.3) is 0 Å². The Hall–Kier alpha value is -2.17. The standard InChI is InChI=1S/C19H22ClN3O5S/c20-14-1-7-17(8-2-14)29(26,27)22-18(13-24)19(25)21-15-3-5-16(6-4-15)23-9-11-28-12-10-23/h1-8,18,22,24H,9-13H2,(H,21,25)/t18-/m0/s1. The molecule has 0 bridgehead atoms. The number of aliphatic hydroxyl groups excluding tert-OH is 1. The molecular weight excluding hydrogens is 418 g/mol. The number of anilines is 2. The summed E-state index contributed by atoms with van der Waals surface area (Å²) in [5.41, 5.74) is 1.50. The third-order valence-corrected chi connectivity index (χ3v) is 6.17. The maximum atomic E-state index is 12.4. The van der Waals surface area contributed by atoms with Gasteiger partial charge in [-0.3, -0.25) is 4.79 Å². The summed E-state index contributed by atoms with van der Waals surface area (Å²) in [5.74, 6) is -0.663. The van der Waals surface area contributed by atoms with Gasteiger partial charge in [-0.2, -0.15) is 4.72 Å². The Kier molecular flexibility index (Phi) is 7.09. The zero-order chi connectivity index (χ0) is 20.9. The van der Waals surface area contributed by atoms with E-state index in [0.29, 0.717) is 23.9 Å². The lowest BCUT2D eigenvalue weighted by atomic mass is 10.2. The molecule has 0 saturated carbocycles. The second kappa shape index (κ2) is 9.55. The van der Waals surface area contributed by atoms with Gasteiger partial charge in [-0.15, -0.1) is 0 Å². The van der Waals surface area contributed by atoms with Gasteiger partial charge in [-0.05, 0) is 48.5 Å². The number of carbonyl (C=O) groups is 1. The predicted octanol–water partition coefficient (Wildman–Crippen LogP) is 1.45. The molecule has 1 amide bonds. The average Bonchev–Trinajstić information content (AvgIpc) is 2.73. The van der Waals surface area contributed by atoms with Gasteiger partial charge >= 0.3 is 0 Å². The van der Waals surface area contributed by atoms with Crippen molar-refractivity contribution in [1.82, 2.24) is 4.72 Å². The van der Waals surface area contributed by atoms with Crippen LogP contribution >= 0.6 is 11.6 Å². The molecule has 1 saturated heterocycles. The molecule has 0 aliphatic carbocycles. The number of nitrogens with one attached hydrogen (secondary N) is 2.